The van der Waals surface area contributed by atoms with Gasteiger partial charge in [0.15, 0.2) is 0 Å². The standard InChI is InChI=1S/C11H19NO3S/c1-15-11(13)9-7-16(14)10-6-4-2-3-5-8(10)12-9/h8-10,12H,2-7H2,1H3. The van der Waals surface area contributed by atoms with Crippen LogP contribution in [0.25, 0.3) is 0 Å². The lowest BCUT2D eigenvalue weighted by atomic mass is 10.1. The van der Waals surface area contributed by atoms with Crippen molar-refractivity contribution >= 4 is 16.8 Å². The zero-order valence-electron chi connectivity index (χ0n) is 9.61. The third-order valence-corrected chi connectivity index (χ3v) is 5.42. The molecule has 16 heavy (non-hydrogen) atoms. The molecule has 4 nitrogen and oxygen atoms in total. The number of hydrogen-bond acceptors (Lipinski definition) is 4. The van der Waals surface area contributed by atoms with Crippen molar-refractivity contribution in [2.75, 3.05) is 12.9 Å². The van der Waals surface area contributed by atoms with Crippen LogP contribution in [-0.2, 0) is 20.3 Å². The van der Waals surface area contributed by atoms with Gasteiger partial charge in [-0.2, -0.15) is 0 Å². The molecule has 0 radical (unpaired) electrons. The molecule has 0 aromatic rings. The van der Waals surface area contributed by atoms with Gasteiger partial charge in [0, 0.05) is 22.6 Å². The molecule has 4 unspecified atom stereocenters. The van der Waals surface area contributed by atoms with E-state index in [2.05, 4.69) is 5.32 Å². The van der Waals surface area contributed by atoms with E-state index >= 15 is 0 Å². The molecule has 1 saturated carbocycles. The molecule has 1 aliphatic carbocycles. The van der Waals surface area contributed by atoms with Gasteiger partial charge in [-0.05, 0) is 12.8 Å². The quantitative estimate of drug-likeness (QED) is 0.687. The SMILES string of the molecule is COC(=O)C1CS(=O)C2CCCCCC2N1. The van der Waals surface area contributed by atoms with E-state index in [1.807, 2.05) is 0 Å². The highest BCUT2D eigenvalue weighted by Gasteiger charge is 2.38. The minimum absolute atomic E-state index is 0.237. The van der Waals surface area contributed by atoms with Crippen molar-refractivity contribution in [3.63, 3.8) is 0 Å². The van der Waals surface area contributed by atoms with Crippen molar-refractivity contribution in [1.29, 1.82) is 0 Å². The Labute approximate surface area is 98.6 Å². The second-order valence-electron chi connectivity index (χ2n) is 4.57. The van der Waals surface area contributed by atoms with Crippen LogP contribution in [0.2, 0.25) is 0 Å². The molecule has 2 fully saturated rings. The Morgan fingerprint density at radius 1 is 1.31 bits per heavy atom. The van der Waals surface area contributed by atoms with E-state index in [-0.39, 0.29) is 23.3 Å². The van der Waals surface area contributed by atoms with E-state index in [0.29, 0.717) is 5.75 Å². The van der Waals surface area contributed by atoms with Crippen LogP contribution < -0.4 is 5.32 Å². The average Bonchev–Trinajstić information content (AvgIpc) is 2.53. The Bertz CT molecular complexity index is 295. The molecule has 0 aromatic heterocycles. The first-order valence-electron chi connectivity index (χ1n) is 5.93. The van der Waals surface area contributed by atoms with E-state index in [0.717, 1.165) is 19.3 Å². The van der Waals surface area contributed by atoms with Gasteiger partial charge in [0.2, 0.25) is 0 Å². The molecule has 0 spiro atoms. The largest absolute Gasteiger partial charge is 0.468 e. The van der Waals surface area contributed by atoms with Gasteiger partial charge in [0.25, 0.3) is 0 Å². The molecule has 5 heteroatoms. The lowest BCUT2D eigenvalue weighted by molar-refractivity contribution is -0.142. The number of rotatable bonds is 1. The van der Waals surface area contributed by atoms with E-state index in [1.54, 1.807) is 0 Å². The van der Waals surface area contributed by atoms with Crippen molar-refractivity contribution in [2.24, 2.45) is 0 Å². The maximum Gasteiger partial charge on any atom is 0.323 e. The number of ether oxygens (including phenoxy) is 1. The topological polar surface area (TPSA) is 55.4 Å². The van der Waals surface area contributed by atoms with Crippen molar-refractivity contribution in [1.82, 2.24) is 5.32 Å². The molecule has 0 bridgehead atoms. The number of carbonyl (C=O) groups is 1. The summed E-state index contributed by atoms with van der Waals surface area (Å²) >= 11 is 0. The lowest BCUT2D eigenvalue weighted by Crippen LogP contribution is -2.57. The molecular weight excluding hydrogens is 226 g/mol. The van der Waals surface area contributed by atoms with Gasteiger partial charge in [0.05, 0.1) is 12.4 Å². The number of nitrogens with one attached hydrogen (secondary N) is 1. The average molecular weight is 245 g/mol. The molecule has 4 atom stereocenters. The van der Waals surface area contributed by atoms with Crippen LogP contribution in [0.15, 0.2) is 0 Å². The Hall–Kier alpha value is -0.420. The number of esters is 1. The zero-order chi connectivity index (χ0) is 11.5. The highest BCUT2D eigenvalue weighted by molar-refractivity contribution is 7.85. The summed E-state index contributed by atoms with van der Waals surface area (Å²) < 4.78 is 16.8. The number of fused-ring (bicyclic) bond motifs is 1. The van der Waals surface area contributed by atoms with Crippen LogP contribution in [0.4, 0.5) is 0 Å². The lowest BCUT2D eigenvalue weighted by Gasteiger charge is -2.34. The highest BCUT2D eigenvalue weighted by atomic mass is 32.2. The maximum absolute atomic E-state index is 12.1. The molecule has 1 saturated heterocycles. The summed E-state index contributed by atoms with van der Waals surface area (Å²) in [5, 5.41) is 3.55. The first-order valence-corrected chi connectivity index (χ1v) is 7.31. The first kappa shape index (κ1) is 12.0. The summed E-state index contributed by atoms with van der Waals surface area (Å²) in [5.41, 5.74) is 0. The summed E-state index contributed by atoms with van der Waals surface area (Å²) in [6.45, 7) is 0. The zero-order valence-corrected chi connectivity index (χ0v) is 10.4. The Morgan fingerprint density at radius 3 is 2.81 bits per heavy atom. The van der Waals surface area contributed by atoms with E-state index in [9.17, 15) is 9.00 Å². The summed E-state index contributed by atoms with van der Waals surface area (Å²) in [4.78, 5) is 11.5. The van der Waals surface area contributed by atoms with Gasteiger partial charge in [-0.15, -0.1) is 0 Å². The molecule has 1 heterocycles. The van der Waals surface area contributed by atoms with Crippen LogP contribution in [0.3, 0.4) is 0 Å². The second-order valence-corrected chi connectivity index (χ2v) is 6.27. The summed E-state index contributed by atoms with van der Waals surface area (Å²) in [6, 6.07) is -0.133. The minimum atomic E-state index is -0.883. The Balaban J connectivity index is 2.06. The summed E-state index contributed by atoms with van der Waals surface area (Å²) in [6.07, 6.45) is 5.60. The normalized spacial score (nSPS) is 39.6. The second kappa shape index (κ2) is 5.27. The number of methoxy groups -OCH3 is 1. The van der Waals surface area contributed by atoms with Gasteiger partial charge in [-0.25, -0.2) is 0 Å². The molecule has 92 valence electrons. The van der Waals surface area contributed by atoms with Gasteiger partial charge in [-0.3, -0.25) is 14.3 Å². The monoisotopic (exact) mass is 245 g/mol. The molecule has 0 aromatic carbocycles. The van der Waals surface area contributed by atoms with Gasteiger partial charge in [0.1, 0.15) is 6.04 Å². The van der Waals surface area contributed by atoms with Crippen molar-refractivity contribution < 1.29 is 13.7 Å². The first-order chi connectivity index (χ1) is 7.72. The molecule has 1 N–H and O–H groups in total. The smallest absolute Gasteiger partial charge is 0.323 e. The van der Waals surface area contributed by atoms with Crippen LogP contribution >= 0.6 is 0 Å². The van der Waals surface area contributed by atoms with Crippen molar-refractivity contribution in [3.8, 4) is 0 Å². The van der Waals surface area contributed by atoms with E-state index < -0.39 is 10.8 Å². The maximum atomic E-state index is 12.1. The third-order valence-electron chi connectivity index (χ3n) is 3.52. The predicted octanol–water partition coefficient (Wildman–Crippen LogP) is 0.581. The third kappa shape index (κ3) is 2.46. The molecule has 1 aliphatic heterocycles. The van der Waals surface area contributed by atoms with E-state index in [1.165, 1.54) is 20.0 Å². The number of hydrogen-bond donors (Lipinski definition) is 1. The Morgan fingerprint density at radius 2 is 2.06 bits per heavy atom. The van der Waals surface area contributed by atoms with Gasteiger partial charge < -0.3 is 4.74 Å². The van der Waals surface area contributed by atoms with Crippen LogP contribution in [0.1, 0.15) is 32.1 Å². The van der Waals surface area contributed by atoms with E-state index in [4.69, 9.17) is 4.74 Å². The highest BCUT2D eigenvalue weighted by Crippen LogP contribution is 2.26. The fraction of sp³-hybridized carbons (Fsp3) is 0.909. The minimum Gasteiger partial charge on any atom is -0.468 e. The summed E-state index contributed by atoms with van der Waals surface area (Å²) in [5.74, 6) is 0.129. The van der Waals surface area contributed by atoms with Crippen molar-refractivity contribution in [2.45, 2.75) is 49.4 Å². The fourth-order valence-electron chi connectivity index (χ4n) is 2.65. The fourth-order valence-corrected chi connectivity index (χ4v) is 4.47. The van der Waals surface area contributed by atoms with Crippen LogP contribution in [0.5, 0.6) is 0 Å². The molecule has 0 amide bonds. The Kier molecular flexibility index (Phi) is 3.97. The molecule has 2 aliphatic rings. The van der Waals surface area contributed by atoms with Crippen LogP contribution in [-0.4, -0.2) is 40.4 Å². The van der Waals surface area contributed by atoms with Gasteiger partial charge in [-0.1, -0.05) is 19.3 Å². The van der Waals surface area contributed by atoms with Crippen LogP contribution in [0, 0.1) is 0 Å². The summed E-state index contributed by atoms with van der Waals surface area (Å²) in [7, 11) is 0.498. The van der Waals surface area contributed by atoms with Crippen molar-refractivity contribution in [3.05, 3.63) is 0 Å². The predicted molar refractivity (Wildman–Crippen MR) is 62.6 cm³/mol. The molecule has 2 rings (SSSR count). The van der Waals surface area contributed by atoms with Gasteiger partial charge >= 0.3 is 5.97 Å². The molecular formula is C11H19NO3S. The number of carbonyl (C=O) groups excluding carboxylic acids is 1.